The van der Waals surface area contributed by atoms with Crippen LogP contribution >= 0.6 is 34.8 Å². The molecule has 1 aliphatic heterocycles. The molecule has 1 atom stereocenters. The van der Waals surface area contributed by atoms with Crippen molar-refractivity contribution >= 4 is 62.7 Å². The third-order valence-electron chi connectivity index (χ3n) is 6.05. The highest BCUT2D eigenvalue weighted by molar-refractivity contribution is 7.90. The lowest BCUT2D eigenvalue weighted by molar-refractivity contribution is -0.109. The number of benzene rings is 2. The molecule has 0 saturated carbocycles. The standard InChI is InChI=1S/C25H22Cl3N3O5S/c1-37(35,36)19-6-8-30(13-19)12-18(14-32)29-24(33)22-21(27)10-16-11-31(9-7-20(16)23(22)28)25(34)15-2-4-17(26)5-3-15/h2-6,8,10,13-14,18H,7,9,11-12H2,1H3,(H,29,33). The first-order valence-electron chi connectivity index (χ1n) is 11.1. The lowest BCUT2D eigenvalue weighted by atomic mass is 9.96. The van der Waals surface area contributed by atoms with Crippen LogP contribution in [0.4, 0.5) is 0 Å². The smallest absolute Gasteiger partial charge is 0.254 e. The van der Waals surface area contributed by atoms with Crippen LogP contribution < -0.4 is 5.32 Å². The summed E-state index contributed by atoms with van der Waals surface area (Å²) in [5.74, 6) is -0.792. The van der Waals surface area contributed by atoms with E-state index in [1.165, 1.54) is 23.0 Å². The van der Waals surface area contributed by atoms with Gasteiger partial charge in [-0.15, -0.1) is 0 Å². The molecule has 4 rings (SSSR count). The Morgan fingerprint density at radius 3 is 2.46 bits per heavy atom. The van der Waals surface area contributed by atoms with Gasteiger partial charge in [-0.2, -0.15) is 0 Å². The van der Waals surface area contributed by atoms with Crippen molar-refractivity contribution in [1.29, 1.82) is 0 Å². The van der Waals surface area contributed by atoms with Crippen LogP contribution in [0.5, 0.6) is 0 Å². The van der Waals surface area contributed by atoms with Gasteiger partial charge >= 0.3 is 0 Å². The van der Waals surface area contributed by atoms with E-state index in [0.29, 0.717) is 35.4 Å². The quantitative estimate of drug-likeness (QED) is 0.423. The highest BCUT2D eigenvalue weighted by Gasteiger charge is 2.28. The Hall–Kier alpha value is -2.85. The van der Waals surface area contributed by atoms with Crippen molar-refractivity contribution in [3.05, 3.63) is 86.1 Å². The number of carbonyl (C=O) groups is 3. The van der Waals surface area contributed by atoms with Crippen LogP contribution in [-0.4, -0.2) is 54.8 Å². The van der Waals surface area contributed by atoms with Crippen LogP contribution in [0, 0.1) is 0 Å². The van der Waals surface area contributed by atoms with E-state index < -0.39 is 21.8 Å². The SMILES string of the molecule is CS(=O)(=O)c1ccn(CC(C=O)NC(=O)c2c(Cl)cc3c(c2Cl)CCN(C(=O)c2ccc(Cl)cc2)C3)c1. The Kier molecular flexibility index (Phi) is 7.99. The summed E-state index contributed by atoms with van der Waals surface area (Å²) in [5.41, 5.74) is 1.98. The number of amides is 2. The van der Waals surface area contributed by atoms with Gasteiger partial charge in [-0.05, 0) is 53.9 Å². The number of nitrogens with zero attached hydrogens (tertiary/aromatic N) is 2. The fourth-order valence-electron chi connectivity index (χ4n) is 4.15. The molecule has 0 bridgehead atoms. The first-order valence-corrected chi connectivity index (χ1v) is 14.2. The van der Waals surface area contributed by atoms with Crippen LogP contribution in [0.15, 0.2) is 53.7 Å². The molecule has 2 aromatic carbocycles. The van der Waals surface area contributed by atoms with E-state index in [4.69, 9.17) is 34.8 Å². The number of aromatic nitrogens is 1. The second-order valence-corrected chi connectivity index (χ2v) is 11.9. The minimum atomic E-state index is -3.40. The molecule has 12 heteroatoms. The fraction of sp³-hybridized carbons (Fsp3) is 0.240. The lowest BCUT2D eigenvalue weighted by Crippen LogP contribution is -2.40. The Balaban J connectivity index is 1.50. The summed E-state index contributed by atoms with van der Waals surface area (Å²) in [4.78, 5) is 39.4. The largest absolute Gasteiger partial charge is 0.350 e. The van der Waals surface area contributed by atoms with Crippen LogP contribution in [-0.2, 0) is 34.1 Å². The molecule has 3 aromatic rings. The van der Waals surface area contributed by atoms with Crippen molar-refractivity contribution in [3.8, 4) is 0 Å². The molecule has 37 heavy (non-hydrogen) atoms. The predicted molar refractivity (Wildman–Crippen MR) is 141 cm³/mol. The van der Waals surface area contributed by atoms with Gasteiger partial charge in [0, 0.05) is 48.9 Å². The molecule has 0 saturated heterocycles. The molecule has 1 N–H and O–H groups in total. The van der Waals surface area contributed by atoms with Gasteiger partial charge in [0.15, 0.2) is 9.84 Å². The minimum Gasteiger partial charge on any atom is -0.350 e. The highest BCUT2D eigenvalue weighted by atomic mass is 35.5. The number of nitrogens with one attached hydrogen (secondary N) is 1. The van der Waals surface area contributed by atoms with Gasteiger partial charge in [-0.25, -0.2) is 8.42 Å². The van der Waals surface area contributed by atoms with Crippen molar-refractivity contribution in [2.45, 2.75) is 30.4 Å². The molecule has 0 spiro atoms. The fourth-order valence-corrected chi connectivity index (χ4v) is 5.68. The first-order chi connectivity index (χ1) is 17.5. The molecule has 8 nitrogen and oxygen atoms in total. The van der Waals surface area contributed by atoms with Crippen LogP contribution in [0.25, 0.3) is 0 Å². The molecule has 0 aliphatic carbocycles. The van der Waals surface area contributed by atoms with Gasteiger partial charge in [0.1, 0.15) is 12.3 Å². The Bertz CT molecular complexity index is 1490. The Morgan fingerprint density at radius 2 is 1.84 bits per heavy atom. The van der Waals surface area contributed by atoms with E-state index in [0.717, 1.165) is 11.8 Å². The van der Waals surface area contributed by atoms with E-state index >= 15 is 0 Å². The maximum atomic E-state index is 13.1. The maximum absolute atomic E-state index is 13.1. The molecule has 1 unspecified atom stereocenters. The van der Waals surface area contributed by atoms with Crippen LogP contribution in [0.2, 0.25) is 15.1 Å². The van der Waals surface area contributed by atoms with Gasteiger partial charge < -0.3 is 19.6 Å². The third kappa shape index (κ3) is 6.01. The van der Waals surface area contributed by atoms with Crippen molar-refractivity contribution in [1.82, 2.24) is 14.8 Å². The van der Waals surface area contributed by atoms with Crippen LogP contribution in [0.3, 0.4) is 0 Å². The monoisotopic (exact) mass is 581 g/mol. The molecular weight excluding hydrogens is 561 g/mol. The van der Waals surface area contributed by atoms with Gasteiger partial charge in [-0.3, -0.25) is 9.59 Å². The molecule has 1 aromatic heterocycles. The molecular formula is C25H22Cl3N3O5S. The number of sulfone groups is 1. The number of aldehydes is 1. The zero-order valence-corrected chi connectivity index (χ0v) is 22.7. The summed E-state index contributed by atoms with van der Waals surface area (Å²) >= 11 is 19.0. The molecule has 1 aliphatic rings. The number of hydrogen-bond donors (Lipinski definition) is 1. The average Bonchev–Trinajstić information content (AvgIpc) is 3.32. The minimum absolute atomic E-state index is 0.0205. The summed E-state index contributed by atoms with van der Waals surface area (Å²) < 4.78 is 24.9. The summed E-state index contributed by atoms with van der Waals surface area (Å²) in [5, 5.41) is 3.40. The van der Waals surface area contributed by atoms with Crippen molar-refractivity contribution < 1.29 is 22.8 Å². The van der Waals surface area contributed by atoms with Crippen LogP contribution in [0.1, 0.15) is 31.8 Å². The van der Waals surface area contributed by atoms with Crippen molar-refractivity contribution in [2.24, 2.45) is 0 Å². The molecule has 2 amide bonds. The predicted octanol–water partition coefficient (Wildman–Crippen LogP) is 4.05. The highest BCUT2D eigenvalue weighted by Crippen LogP contribution is 2.35. The zero-order chi connectivity index (χ0) is 26.9. The van der Waals surface area contributed by atoms with Crippen molar-refractivity contribution in [2.75, 3.05) is 12.8 Å². The molecule has 2 heterocycles. The van der Waals surface area contributed by atoms with E-state index in [1.807, 2.05) is 0 Å². The third-order valence-corrected chi connectivity index (χ3v) is 8.11. The normalized spacial score (nSPS) is 14.1. The van der Waals surface area contributed by atoms with Gasteiger partial charge in [0.05, 0.1) is 20.5 Å². The number of fused-ring (bicyclic) bond motifs is 1. The average molecular weight is 583 g/mol. The maximum Gasteiger partial charge on any atom is 0.254 e. The zero-order valence-electron chi connectivity index (χ0n) is 19.6. The lowest BCUT2D eigenvalue weighted by Gasteiger charge is -2.30. The summed E-state index contributed by atoms with van der Waals surface area (Å²) in [6.07, 6.45) is 4.94. The Morgan fingerprint density at radius 1 is 1.14 bits per heavy atom. The summed E-state index contributed by atoms with van der Waals surface area (Å²) in [7, 11) is -3.40. The number of rotatable bonds is 7. The summed E-state index contributed by atoms with van der Waals surface area (Å²) in [6, 6.07) is 8.69. The molecule has 194 valence electrons. The molecule has 0 fully saturated rings. The second kappa shape index (κ2) is 10.9. The van der Waals surface area contributed by atoms with E-state index in [-0.39, 0.29) is 39.5 Å². The van der Waals surface area contributed by atoms with E-state index in [2.05, 4.69) is 5.32 Å². The summed E-state index contributed by atoms with van der Waals surface area (Å²) in [6.45, 7) is 0.683. The van der Waals surface area contributed by atoms with Gasteiger partial charge in [0.25, 0.3) is 11.8 Å². The number of carbonyl (C=O) groups excluding carboxylic acids is 3. The van der Waals surface area contributed by atoms with E-state index in [1.54, 1.807) is 35.2 Å². The second-order valence-electron chi connectivity index (χ2n) is 8.70. The Labute approximate surface area is 229 Å². The molecule has 0 radical (unpaired) electrons. The van der Waals surface area contributed by atoms with Crippen molar-refractivity contribution in [3.63, 3.8) is 0 Å². The first kappa shape index (κ1) is 27.2. The van der Waals surface area contributed by atoms with Gasteiger partial charge in [-0.1, -0.05) is 34.8 Å². The van der Waals surface area contributed by atoms with E-state index in [9.17, 15) is 22.8 Å². The number of hydrogen-bond acceptors (Lipinski definition) is 5. The topological polar surface area (TPSA) is 106 Å². The number of halogens is 3. The van der Waals surface area contributed by atoms with Gasteiger partial charge in [0.2, 0.25) is 0 Å².